The van der Waals surface area contributed by atoms with Crippen molar-refractivity contribution in [3.05, 3.63) is 49.8 Å². The first-order valence-electron chi connectivity index (χ1n) is 5.18. The predicted molar refractivity (Wildman–Crippen MR) is 77.1 cm³/mol. The van der Waals surface area contributed by atoms with Gasteiger partial charge in [0.05, 0.1) is 10.9 Å². The number of thiophene rings is 1. The van der Waals surface area contributed by atoms with E-state index in [0.717, 1.165) is 9.21 Å². The number of hydrogen-bond acceptors (Lipinski definition) is 3. The largest absolute Gasteiger partial charge is 0.335 e. The van der Waals surface area contributed by atoms with Crippen molar-refractivity contribution >= 4 is 44.8 Å². The monoisotopic (exact) mass is 344 g/mol. The number of amides is 1. The highest BCUT2D eigenvalue weighted by molar-refractivity contribution is 9.10. The number of hydrogen-bond donors (Lipinski definition) is 0. The molecule has 2 aromatic rings. The minimum absolute atomic E-state index is 0.119. The van der Waals surface area contributed by atoms with Crippen molar-refractivity contribution in [2.75, 3.05) is 7.05 Å². The maximum Gasteiger partial charge on any atom is 0.273 e. The van der Waals surface area contributed by atoms with Gasteiger partial charge in [-0.3, -0.25) is 4.79 Å². The fourth-order valence-corrected chi connectivity index (χ4v) is 3.03. The fraction of sp³-hybridized carbons (Fsp3) is 0.167. The average Bonchev–Trinajstić information content (AvgIpc) is 2.74. The predicted octanol–water partition coefficient (Wildman–Crippen LogP) is 3.83. The molecular formula is C12H10BrClN2OS. The quantitative estimate of drug-likeness (QED) is 0.847. The molecule has 2 aromatic heterocycles. The lowest BCUT2D eigenvalue weighted by Crippen LogP contribution is -2.26. The summed E-state index contributed by atoms with van der Waals surface area (Å²) in [4.78, 5) is 18.9. The van der Waals surface area contributed by atoms with E-state index in [2.05, 4.69) is 20.9 Å². The molecule has 94 valence electrons. The van der Waals surface area contributed by atoms with E-state index in [1.54, 1.807) is 30.3 Å². The van der Waals surface area contributed by atoms with Gasteiger partial charge in [-0.15, -0.1) is 11.3 Å². The van der Waals surface area contributed by atoms with Crippen molar-refractivity contribution in [2.24, 2.45) is 0 Å². The van der Waals surface area contributed by atoms with E-state index < -0.39 is 0 Å². The Balaban J connectivity index is 2.12. The molecule has 2 heterocycles. The number of rotatable bonds is 3. The highest BCUT2D eigenvalue weighted by Crippen LogP contribution is 2.23. The lowest BCUT2D eigenvalue weighted by Gasteiger charge is -2.16. The molecule has 0 atom stereocenters. The van der Waals surface area contributed by atoms with Gasteiger partial charge in [-0.25, -0.2) is 4.98 Å². The Morgan fingerprint density at radius 1 is 1.50 bits per heavy atom. The lowest BCUT2D eigenvalue weighted by atomic mass is 10.3. The van der Waals surface area contributed by atoms with Gasteiger partial charge < -0.3 is 4.90 Å². The Bertz CT molecular complexity index is 573. The van der Waals surface area contributed by atoms with E-state index in [1.165, 1.54) is 11.3 Å². The van der Waals surface area contributed by atoms with Crippen LogP contribution in [0, 0.1) is 0 Å². The number of carbonyl (C=O) groups is 1. The molecular weight excluding hydrogens is 336 g/mol. The molecule has 0 fully saturated rings. The van der Waals surface area contributed by atoms with Gasteiger partial charge in [-0.05, 0) is 40.2 Å². The molecule has 0 N–H and O–H groups in total. The van der Waals surface area contributed by atoms with Gasteiger partial charge in [-0.1, -0.05) is 11.6 Å². The van der Waals surface area contributed by atoms with E-state index in [1.807, 2.05) is 12.1 Å². The Kier molecular flexibility index (Phi) is 4.37. The number of aromatic nitrogens is 1. The summed E-state index contributed by atoms with van der Waals surface area (Å²) in [5, 5.41) is 0. The van der Waals surface area contributed by atoms with Crippen LogP contribution in [0.3, 0.4) is 0 Å². The zero-order chi connectivity index (χ0) is 13.1. The number of pyridine rings is 1. The molecule has 3 nitrogen and oxygen atoms in total. The van der Waals surface area contributed by atoms with Crippen LogP contribution in [0.4, 0.5) is 0 Å². The third kappa shape index (κ3) is 3.10. The number of carbonyl (C=O) groups excluding carboxylic acids is 1. The average molecular weight is 346 g/mol. The Morgan fingerprint density at radius 2 is 2.28 bits per heavy atom. The van der Waals surface area contributed by atoms with Gasteiger partial charge >= 0.3 is 0 Å². The zero-order valence-corrected chi connectivity index (χ0v) is 12.7. The Labute approximate surface area is 123 Å². The van der Waals surface area contributed by atoms with Crippen molar-refractivity contribution in [1.82, 2.24) is 9.88 Å². The van der Waals surface area contributed by atoms with E-state index in [0.29, 0.717) is 16.7 Å². The maximum absolute atomic E-state index is 12.2. The zero-order valence-electron chi connectivity index (χ0n) is 9.56. The molecule has 2 rings (SSSR count). The first-order valence-corrected chi connectivity index (χ1v) is 7.17. The van der Waals surface area contributed by atoms with E-state index >= 15 is 0 Å². The summed E-state index contributed by atoms with van der Waals surface area (Å²) >= 11 is 10.7. The SMILES string of the molecule is CN(Cc1ccc(Cl)s1)C(=O)c1ncccc1Br. The molecule has 0 bridgehead atoms. The maximum atomic E-state index is 12.2. The second-order valence-electron chi connectivity index (χ2n) is 3.70. The summed E-state index contributed by atoms with van der Waals surface area (Å²) in [7, 11) is 1.75. The van der Waals surface area contributed by atoms with Crippen LogP contribution in [0.1, 0.15) is 15.4 Å². The summed E-state index contributed by atoms with van der Waals surface area (Å²) in [5.74, 6) is -0.119. The first kappa shape index (κ1) is 13.5. The van der Waals surface area contributed by atoms with Gasteiger partial charge in [0.1, 0.15) is 5.69 Å². The third-order valence-corrected chi connectivity index (χ3v) is 4.19. The highest BCUT2D eigenvalue weighted by Gasteiger charge is 2.16. The molecule has 6 heteroatoms. The summed E-state index contributed by atoms with van der Waals surface area (Å²) in [5.41, 5.74) is 0.419. The fourth-order valence-electron chi connectivity index (χ4n) is 1.47. The van der Waals surface area contributed by atoms with Crippen LogP contribution in [0.5, 0.6) is 0 Å². The smallest absolute Gasteiger partial charge is 0.273 e. The van der Waals surface area contributed by atoms with Gasteiger partial charge in [0.25, 0.3) is 5.91 Å². The summed E-state index contributed by atoms with van der Waals surface area (Å²) in [6, 6.07) is 7.33. The summed E-state index contributed by atoms with van der Waals surface area (Å²) in [6.45, 7) is 0.527. The summed E-state index contributed by atoms with van der Waals surface area (Å²) in [6.07, 6.45) is 1.61. The van der Waals surface area contributed by atoms with Gasteiger partial charge in [0, 0.05) is 22.6 Å². The molecule has 0 aliphatic rings. The molecule has 0 saturated heterocycles. The number of nitrogens with zero attached hydrogens (tertiary/aromatic N) is 2. The topological polar surface area (TPSA) is 33.2 Å². The minimum Gasteiger partial charge on any atom is -0.335 e. The van der Waals surface area contributed by atoms with Gasteiger partial charge in [-0.2, -0.15) is 0 Å². The first-order chi connectivity index (χ1) is 8.58. The van der Waals surface area contributed by atoms with Crippen molar-refractivity contribution in [3.8, 4) is 0 Å². The normalized spacial score (nSPS) is 10.4. The minimum atomic E-state index is -0.119. The van der Waals surface area contributed by atoms with Crippen LogP contribution in [0.2, 0.25) is 4.34 Å². The standard InChI is InChI=1S/C12H10BrClN2OS/c1-16(7-8-4-5-10(14)18-8)12(17)11-9(13)3-2-6-15-11/h2-6H,7H2,1H3. The molecule has 0 unspecified atom stereocenters. The van der Waals surface area contributed by atoms with Crippen LogP contribution < -0.4 is 0 Å². The van der Waals surface area contributed by atoms with Gasteiger partial charge in [0.2, 0.25) is 0 Å². The van der Waals surface area contributed by atoms with Crippen molar-refractivity contribution in [1.29, 1.82) is 0 Å². The van der Waals surface area contributed by atoms with Crippen molar-refractivity contribution < 1.29 is 4.79 Å². The lowest BCUT2D eigenvalue weighted by molar-refractivity contribution is 0.0779. The van der Waals surface area contributed by atoms with E-state index in [9.17, 15) is 4.79 Å². The molecule has 0 spiro atoms. The molecule has 0 aliphatic heterocycles. The highest BCUT2D eigenvalue weighted by atomic mass is 79.9. The molecule has 0 saturated carbocycles. The molecule has 0 aromatic carbocycles. The van der Waals surface area contributed by atoms with Crippen LogP contribution in [-0.2, 0) is 6.54 Å². The summed E-state index contributed by atoms with van der Waals surface area (Å²) < 4.78 is 1.43. The van der Waals surface area contributed by atoms with Crippen LogP contribution in [0.25, 0.3) is 0 Å². The van der Waals surface area contributed by atoms with Crippen molar-refractivity contribution in [2.45, 2.75) is 6.54 Å². The second-order valence-corrected chi connectivity index (χ2v) is 6.35. The molecule has 1 amide bonds. The van der Waals surface area contributed by atoms with E-state index in [-0.39, 0.29) is 5.91 Å². The van der Waals surface area contributed by atoms with E-state index in [4.69, 9.17) is 11.6 Å². The van der Waals surface area contributed by atoms with Crippen molar-refractivity contribution in [3.63, 3.8) is 0 Å². The van der Waals surface area contributed by atoms with Crippen LogP contribution in [-0.4, -0.2) is 22.8 Å². The number of halogens is 2. The second kappa shape index (κ2) is 5.82. The van der Waals surface area contributed by atoms with Gasteiger partial charge in [0.15, 0.2) is 0 Å². The Hall–Kier alpha value is -0.910. The third-order valence-electron chi connectivity index (χ3n) is 2.33. The van der Waals surface area contributed by atoms with Crippen LogP contribution >= 0.6 is 38.9 Å². The Morgan fingerprint density at radius 3 is 2.89 bits per heavy atom. The molecule has 18 heavy (non-hydrogen) atoms. The molecule has 0 aliphatic carbocycles. The van der Waals surface area contributed by atoms with Crippen LogP contribution in [0.15, 0.2) is 34.9 Å². The molecule has 0 radical (unpaired) electrons.